The summed E-state index contributed by atoms with van der Waals surface area (Å²) in [6.07, 6.45) is 3.80. The number of carboxylic acid groups (broad SMARTS) is 1. The number of carboxylic acids is 1. The highest BCUT2D eigenvalue weighted by Gasteiger charge is 2.33. The molecule has 6 heterocycles. The van der Waals surface area contributed by atoms with Gasteiger partial charge in [-0.3, -0.25) is 9.78 Å². The van der Waals surface area contributed by atoms with Crippen LogP contribution in [0.5, 0.6) is 0 Å². The largest absolute Gasteiger partial charge is 0.481 e. The molecule has 0 aliphatic carbocycles. The highest BCUT2D eigenvalue weighted by molar-refractivity contribution is 6.26. The normalized spacial score (nSPS) is 15.8. The highest BCUT2D eigenvalue weighted by atomic mass is 16.5. The van der Waals surface area contributed by atoms with Crippen LogP contribution in [0.25, 0.3) is 39.3 Å². The summed E-state index contributed by atoms with van der Waals surface area (Å²) in [6, 6.07) is 6.38. The van der Waals surface area contributed by atoms with Crippen molar-refractivity contribution in [2.24, 2.45) is 0 Å². The molecular weight excluding hydrogens is 516 g/mol. The van der Waals surface area contributed by atoms with E-state index in [2.05, 4.69) is 62.4 Å². The van der Waals surface area contributed by atoms with Crippen molar-refractivity contribution in [3.8, 4) is 0 Å². The molecule has 0 spiro atoms. The first kappa shape index (κ1) is 28.1. The molecule has 0 radical (unpaired) electrons. The van der Waals surface area contributed by atoms with Gasteiger partial charge in [0.1, 0.15) is 6.61 Å². The van der Waals surface area contributed by atoms with E-state index in [-0.39, 0.29) is 24.9 Å². The molecule has 8 bridgehead atoms. The number of aliphatic carboxylic acids is 1. The van der Waals surface area contributed by atoms with E-state index in [9.17, 15) is 9.59 Å². The summed E-state index contributed by atoms with van der Waals surface area (Å²) >= 11 is 0. The van der Waals surface area contributed by atoms with Gasteiger partial charge in [0.2, 0.25) is 0 Å². The number of ether oxygens (including phenoxy) is 1. The summed E-state index contributed by atoms with van der Waals surface area (Å²) in [4.78, 5) is 39.4. The van der Waals surface area contributed by atoms with Gasteiger partial charge in [-0.25, -0.2) is 9.78 Å². The SMILES string of the molecule is C=Cc1c(C)c2cc3nc(c4c5nc(cc6[nH]c(cc1[nH]2)c(C)c6CC)C(C)=C5C(=O)OC4)CC3C.CCC(=O)O. The minimum atomic E-state index is -0.745. The smallest absolute Gasteiger partial charge is 0.341 e. The number of allylic oxidation sites excluding steroid dienone is 1. The second-order valence-corrected chi connectivity index (χ2v) is 10.8. The number of nitrogens with one attached hydrogen (secondary N) is 2. The van der Waals surface area contributed by atoms with Crippen molar-refractivity contribution in [2.75, 3.05) is 0 Å². The van der Waals surface area contributed by atoms with E-state index in [0.29, 0.717) is 5.57 Å². The first-order valence-corrected chi connectivity index (χ1v) is 14.1. The summed E-state index contributed by atoms with van der Waals surface area (Å²) in [6.45, 7) is 16.4. The van der Waals surface area contributed by atoms with Gasteiger partial charge in [0, 0.05) is 51.2 Å². The van der Waals surface area contributed by atoms with Gasteiger partial charge in [-0.15, -0.1) is 0 Å². The number of cyclic esters (lactones) is 1. The second-order valence-electron chi connectivity index (χ2n) is 10.8. The molecule has 1 unspecified atom stereocenters. The van der Waals surface area contributed by atoms with E-state index in [1.807, 2.05) is 13.0 Å². The molecule has 3 N–H and O–H groups in total. The predicted octanol–water partition coefficient (Wildman–Crippen LogP) is 6.95. The molecule has 0 fully saturated rings. The monoisotopic (exact) mass is 552 g/mol. The van der Waals surface area contributed by atoms with E-state index in [4.69, 9.17) is 19.8 Å². The number of fused-ring (bicyclic) bond motifs is 8. The van der Waals surface area contributed by atoms with Crippen molar-refractivity contribution in [1.29, 1.82) is 0 Å². The van der Waals surface area contributed by atoms with Crippen molar-refractivity contribution in [2.45, 2.75) is 73.3 Å². The number of aryl methyl sites for hydroxylation is 3. The third-order valence-electron chi connectivity index (χ3n) is 8.22. The molecule has 212 valence electrons. The Hall–Kier alpha value is -4.46. The lowest BCUT2D eigenvalue weighted by molar-refractivity contribution is -0.138. The van der Waals surface area contributed by atoms with Gasteiger partial charge in [-0.1, -0.05) is 33.4 Å². The minimum Gasteiger partial charge on any atom is -0.481 e. The van der Waals surface area contributed by atoms with E-state index in [1.165, 1.54) is 11.1 Å². The molecular formula is C33H36N4O4. The van der Waals surface area contributed by atoms with Crippen molar-refractivity contribution in [3.05, 3.63) is 75.4 Å². The van der Waals surface area contributed by atoms with Crippen LogP contribution in [0.3, 0.4) is 0 Å². The predicted molar refractivity (Wildman–Crippen MR) is 162 cm³/mol. The van der Waals surface area contributed by atoms with Gasteiger partial charge < -0.3 is 19.8 Å². The number of aromatic nitrogens is 4. The van der Waals surface area contributed by atoms with Crippen molar-refractivity contribution in [3.63, 3.8) is 0 Å². The van der Waals surface area contributed by atoms with Gasteiger partial charge in [0.05, 0.1) is 22.7 Å². The van der Waals surface area contributed by atoms with Gasteiger partial charge in [0.25, 0.3) is 0 Å². The minimum absolute atomic E-state index is 0.202. The van der Waals surface area contributed by atoms with Crippen LogP contribution >= 0.6 is 0 Å². The Morgan fingerprint density at radius 1 is 1.07 bits per heavy atom. The number of hydrogen-bond donors (Lipinski definition) is 3. The fourth-order valence-electron chi connectivity index (χ4n) is 5.75. The van der Waals surface area contributed by atoms with Crippen LogP contribution in [0.2, 0.25) is 0 Å². The molecule has 0 aromatic carbocycles. The van der Waals surface area contributed by atoms with Gasteiger partial charge >= 0.3 is 11.9 Å². The molecule has 3 aliphatic rings. The Bertz CT molecular complexity index is 1810. The molecule has 3 aliphatic heterocycles. The molecule has 3 aromatic heterocycles. The van der Waals surface area contributed by atoms with Crippen molar-refractivity contribution >= 4 is 51.2 Å². The summed E-state index contributed by atoms with van der Waals surface area (Å²) in [7, 11) is 0. The van der Waals surface area contributed by atoms with Crippen LogP contribution in [0.4, 0.5) is 0 Å². The maximum atomic E-state index is 12.8. The zero-order valence-electron chi connectivity index (χ0n) is 24.5. The summed E-state index contributed by atoms with van der Waals surface area (Å²) < 4.78 is 5.62. The van der Waals surface area contributed by atoms with Gasteiger partial charge in [-0.05, 0) is 74.1 Å². The standard InChI is InChI=1S/C30H30N4O2.C3H6O2/c1-7-18-15(4)22-10-21-14(3)9-25(31-21)20-13-36-30(35)28-17(6)24(34-29(20)28)12-27-19(8-2)16(5)23(33-27)11-26(18)32-22;1-2-3(4)5/h7,10-12,14,32-33H,1,8-9,13H2,2-6H3;2H2,1H3,(H,4,5). The average molecular weight is 553 g/mol. The first-order chi connectivity index (χ1) is 19.6. The second kappa shape index (κ2) is 10.8. The topological polar surface area (TPSA) is 121 Å². The third-order valence-corrected chi connectivity index (χ3v) is 8.22. The molecule has 41 heavy (non-hydrogen) atoms. The fourth-order valence-corrected chi connectivity index (χ4v) is 5.75. The lowest BCUT2D eigenvalue weighted by Crippen LogP contribution is -2.16. The van der Waals surface area contributed by atoms with Crippen LogP contribution < -0.4 is 0 Å². The lowest BCUT2D eigenvalue weighted by atomic mass is 9.97. The zero-order valence-corrected chi connectivity index (χ0v) is 24.5. The summed E-state index contributed by atoms with van der Waals surface area (Å²) in [5, 5.41) is 7.72. The number of carbonyl (C=O) groups excluding carboxylic acids is 1. The number of nitrogens with zero attached hydrogens (tertiary/aromatic N) is 2. The van der Waals surface area contributed by atoms with Crippen molar-refractivity contribution < 1.29 is 19.4 Å². The molecule has 0 amide bonds. The van der Waals surface area contributed by atoms with Gasteiger partial charge in [-0.2, -0.15) is 0 Å². The highest BCUT2D eigenvalue weighted by Crippen LogP contribution is 2.39. The number of H-pyrrole nitrogens is 2. The molecule has 1 atom stereocenters. The molecule has 8 heteroatoms. The molecule has 0 saturated carbocycles. The molecule has 0 saturated heterocycles. The van der Waals surface area contributed by atoms with Crippen LogP contribution in [-0.4, -0.2) is 37.0 Å². The number of hydrogen-bond acceptors (Lipinski definition) is 5. The Labute approximate surface area is 239 Å². The van der Waals surface area contributed by atoms with Crippen LogP contribution in [-0.2, 0) is 33.8 Å². The van der Waals surface area contributed by atoms with Crippen LogP contribution in [0.1, 0.15) is 90.6 Å². The Balaban J connectivity index is 0.000000623. The Morgan fingerprint density at radius 2 is 1.76 bits per heavy atom. The van der Waals surface area contributed by atoms with E-state index in [0.717, 1.165) is 79.9 Å². The van der Waals surface area contributed by atoms with E-state index < -0.39 is 5.97 Å². The summed E-state index contributed by atoms with van der Waals surface area (Å²) in [5.41, 5.74) is 14.6. The molecule has 8 nitrogen and oxygen atoms in total. The zero-order chi connectivity index (χ0) is 29.6. The van der Waals surface area contributed by atoms with E-state index >= 15 is 0 Å². The van der Waals surface area contributed by atoms with Crippen LogP contribution in [0, 0.1) is 13.8 Å². The fraction of sp³-hybridized carbons (Fsp3) is 0.333. The number of esters is 1. The maximum Gasteiger partial charge on any atom is 0.341 e. The van der Waals surface area contributed by atoms with Crippen molar-refractivity contribution in [1.82, 2.24) is 19.9 Å². The third kappa shape index (κ3) is 4.88. The van der Waals surface area contributed by atoms with Crippen LogP contribution in [0.15, 0.2) is 24.8 Å². The Morgan fingerprint density at radius 3 is 2.41 bits per heavy atom. The number of rotatable bonds is 3. The molecule has 3 aromatic rings. The quantitative estimate of drug-likeness (QED) is 0.302. The summed E-state index contributed by atoms with van der Waals surface area (Å²) in [5.74, 6) is -0.809. The number of aromatic amines is 2. The lowest BCUT2D eigenvalue weighted by Gasteiger charge is -2.16. The maximum absolute atomic E-state index is 12.8. The van der Waals surface area contributed by atoms with Gasteiger partial charge in [0.15, 0.2) is 0 Å². The first-order valence-electron chi connectivity index (χ1n) is 14.1. The average Bonchev–Trinajstić information content (AvgIpc) is 3.64. The molecule has 6 rings (SSSR count). The number of carbonyl (C=O) groups is 2. The Kier molecular flexibility index (Phi) is 7.43. The van der Waals surface area contributed by atoms with E-state index in [1.54, 1.807) is 6.92 Å².